The van der Waals surface area contributed by atoms with Gasteiger partial charge in [-0.1, -0.05) is 0 Å². The second-order valence-corrected chi connectivity index (χ2v) is 5.09. The molecule has 1 aromatic carbocycles. The molecule has 1 heterocycles. The minimum atomic E-state index is -0.211. The molecule has 1 aliphatic heterocycles. The molecular formula is C15H20N2O3. The van der Waals surface area contributed by atoms with Crippen LogP contribution in [0, 0.1) is 6.92 Å². The molecule has 0 saturated carbocycles. The number of hydrogen-bond acceptors (Lipinski definition) is 3. The monoisotopic (exact) mass is 276 g/mol. The Kier molecular flexibility index (Phi) is 4.61. The predicted molar refractivity (Wildman–Crippen MR) is 75.6 cm³/mol. The second kappa shape index (κ2) is 6.41. The van der Waals surface area contributed by atoms with Crippen LogP contribution in [0.15, 0.2) is 18.2 Å². The molecule has 5 heteroatoms. The number of amides is 2. The van der Waals surface area contributed by atoms with Gasteiger partial charge in [-0.3, -0.25) is 9.59 Å². The highest BCUT2D eigenvalue weighted by Gasteiger charge is 2.17. The van der Waals surface area contributed by atoms with E-state index < -0.39 is 0 Å². The molecule has 20 heavy (non-hydrogen) atoms. The topological polar surface area (TPSA) is 69.6 Å². The molecule has 0 bridgehead atoms. The standard InChI is InChI=1S/C15H20N2O3/c1-11-10-12(18)4-5-13(11)15(20)16-7-6-14(19)17-8-2-3-9-17/h4-5,10,18H,2-3,6-9H2,1H3,(H,16,20). The van der Waals surface area contributed by atoms with Gasteiger partial charge in [0.15, 0.2) is 0 Å². The van der Waals surface area contributed by atoms with Crippen LogP contribution < -0.4 is 5.32 Å². The zero-order chi connectivity index (χ0) is 14.5. The van der Waals surface area contributed by atoms with Gasteiger partial charge in [0.05, 0.1) is 0 Å². The van der Waals surface area contributed by atoms with E-state index in [2.05, 4.69) is 5.32 Å². The van der Waals surface area contributed by atoms with Crippen LogP contribution in [0.4, 0.5) is 0 Å². The van der Waals surface area contributed by atoms with Crippen LogP contribution in [0.2, 0.25) is 0 Å². The zero-order valence-electron chi connectivity index (χ0n) is 11.7. The Balaban J connectivity index is 1.81. The molecule has 0 atom stereocenters. The number of rotatable bonds is 4. The largest absolute Gasteiger partial charge is 0.508 e. The number of nitrogens with one attached hydrogen (secondary N) is 1. The van der Waals surface area contributed by atoms with Crippen molar-refractivity contribution in [3.05, 3.63) is 29.3 Å². The summed E-state index contributed by atoms with van der Waals surface area (Å²) in [4.78, 5) is 25.6. The van der Waals surface area contributed by atoms with Gasteiger partial charge >= 0.3 is 0 Å². The summed E-state index contributed by atoms with van der Waals surface area (Å²) in [6.07, 6.45) is 2.48. The van der Waals surface area contributed by atoms with Gasteiger partial charge in [-0.15, -0.1) is 0 Å². The average molecular weight is 276 g/mol. The van der Waals surface area contributed by atoms with Gasteiger partial charge in [0.25, 0.3) is 5.91 Å². The smallest absolute Gasteiger partial charge is 0.251 e. The second-order valence-electron chi connectivity index (χ2n) is 5.09. The van der Waals surface area contributed by atoms with E-state index in [0.717, 1.165) is 25.9 Å². The minimum absolute atomic E-state index is 0.102. The lowest BCUT2D eigenvalue weighted by Crippen LogP contribution is -2.32. The van der Waals surface area contributed by atoms with Crippen LogP contribution in [0.3, 0.4) is 0 Å². The summed E-state index contributed by atoms with van der Waals surface area (Å²) < 4.78 is 0. The summed E-state index contributed by atoms with van der Waals surface area (Å²) in [5.41, 5.74) is 1.24. The third-order valence-corrected chi connectivity index (χ3v) is 3.54. The fourth-order valence-corrected chi connectivity index (χ4v) is 2.41. The van der Waals surface area contributed by atoms with E-state index in [4.69, 9.17) is 0 Å². The summed E-state index contributed by atoms with van der Waals surface area (Å²) >= 11 is 0. The maximum Gasteiger partial charge on any atom is 0.251 e. The SMILES string of the molecule is Cc1cc(O)ccc1C(=O)NCCC(=O)N1CCCC1. The van der Waals surface area contributed by atoms with Crippen molar-refractivity contribution in [2.45, 2.75) is 26.2 Å². The summed E-state index contributed by atoms with van der Waals surface area (Å²) in [5.74, 6) is 0.0326. The molecule has 1 aliphatic rings. The van der Waals surface area contributed by atoms with Gasteiger partial charge in [-0.25, -0.2) is 0 Å². The Bertz CT molecular complexity index is 508. The zero-order valence-corrected chi connectivity index (χ0v) is 11.7. The first-order valence-corrected chi connectivity index (χ1v) is 6.93. The molecule has 1 saturated heterocycles. The van der Waals surface area contributed by atoms with E-state index in [0.29, 0.717) is 24.1 Å². The molecule has 5 nitrogen and oxygen atoms in total. The molecule has 2 amide bonds. The van der Waals surface area contributed by atoms with Gasteiger partial charge in [-0.05, 0) is 43.5 Å². The maximum absolute atomic E-state index is 12.0. The van der Waals surface area contributed by atoms with Gasteiger partial charge in [0, 0.05) is 31.6 Å². The Morgan fingerprint density at radius 1 is 1.30 bits per heavy atom. The van der Waals surface area contributed by atoms with Crippen molar-refractivity contribution in [1.82, 2.24) is 10.2 Å². The number of carbonyl (C=O) groups excluding carboxylic acids is 2. The summed E-state index contributed by atoms with van der Waals surface area (Å²) in [6, 6.07) is 4.61. The lowest BCUT2D eigenvalue weighted by atomic mass is 10.1. The highest BCUT2D eigenvalue weighted by molar-refractivity contribution is 5.96. The van der Waals surface area contributed by atoms with E-state index in [1.165, 1.54) is 6.07 Å². The number of phenols is 1. The third kappa shape index (κ3) is 3.50. The van der Waals surface area contributed by atoms with Gasteiger partial charge in [0.2, 0.25) is 5.91 Å². The number of nitrogens with zero attached hydrogens (tertiary/aromatic N) is 1. The summed E-state index contributed by atoms with van der Waals surface area (Å²) in [7, 11) is 0. The van der Waals surface area contributed by atoms with E-state index >= 15 is 0 Å². The van der Waals surface area contributed by atoms with Crippen LogP contribution in [0.1, 0.15) is 35.2 Å². The molecule has 2 N–H and O–H groups in total. The van der Waals surface area contributed by atoms with Crippen molar-refractivity contribution in [2.75, 3.05) is 19.6 Å². The maximum atomic E-state index is 12.0. The first-order valence-electron chi connectivity index (χ1n) is 6.93. The third-order valence-electron chi connectivity index (χ3n) is 3.54. The highest BCUT2D eigenvalue weighted by atomic mass is 16.3. The number of hydrogen-bond donors (Lipinski definition) is 2. The molecule has 1 fully saturated rings. The number of likely N-dealkylation sites (tertiary alicyclic amines) is 1. The normalized spacial score (nSPS) is 14.3. The molecule has 1 aromatic rings. The van der Waals surface area contributed by atoms with Crippen LogP contribution in [-0.2, 0) is 4.79 Å². The van der Waals surface area contributed by atoms with Crippen LogP contribution in [0.25, 0.3) is 0 Å². The molecular weight excluding hydrogens is 256 g/mol. The Hall–Kier alpha value is -2.04. The fraction of sp³-hybridized carbons (Fsp3) is 0.467. The number of carbonyl (C=O) groups is 2. The first-order chi connectivity index (χ1) is 9.58. The van der Waals surface area contributed by atoms with Crippen molar-refractivity contribution >= 4 is 11.8 Å². The lowest BCUT2D eigenvalue weighted by molar-refractivity contribution is -0.129. The minimum Gasteiger partial charge on any atom is -0.508 e. The Labute approximate surface area is 118 Å². The summed E-state index contributed by atoms with van der Waals surface area (Å²) in [5, 5.41) is 12.1. The number of aryl methyl sites for hydroxylation is 1. The number of aromatic hydroxyl groups is 1. The average Bonchev–Trinajstić information content (AvgIpc) is 2.92. The number of phenolic OH excluding ortho intramolecular Hbond substituents is 1. The van der Waals surface area contributed by atoms with Crippen molar-refractivity contribution in [3.63, 3.8) is 0 Å². The molecule has 0 aromatic heterocycles. The summed E-state index contributed by atoms with van der Waals surface area (Å²) in [6.45, 7) is 3.78. The quantitative estimate of drug-likeness (QED) is 0.874. The van der Waals surface area contributed by atoms with E-state index in [9.17, 15) is 14.7 Å². The van der Waals surface area contributed by atoms with Gasteiger partial charge in [-0.2, -0.15) is 0 Å². The molecule has 0 spiro atoms. The van der Waals surface area contributed by atoms with Crippen LogP contribution >= 0.6 is 0 Å². The van der Waals surface area contributed by atoms with Crippen molar-refractivity contribution < 1.29 is 14.7 Å². The van der Waals surface area contributed by atoms with Crippen molar-refractivity contribution in [1.29, 1.82) is 0 Å². The molecule has 0 unspecified atom stereocenters. The van der Waals surface area contributed by atoms with Crippen molar-refractivity contribution in [3.8, 4) is 5.75 Å². The Morgan fingerprint density at radius 3 is 2.65 bits per heavy atom. The van der Waals surface area contributed by atoms with Crippen molar-refractivity contribution in [2.24, 2.45) is 0 Å². The molecule has 0 aliphatic carbocycles. The van der Waals surface area contributed by atoms with Gasteiger partial charge < -0.3 is 15.3 Å². The lowest BCUT2D eigenvalue weighted by Gasteiger charge is -2.15. The number of benzene rings is 1. The predicted octanol–water partition coefficient (Wildman–Crippen LogP) is 1.44. The fourth-order valence-electron chi connectivity index (χ4n) is 2.41. The molecule has 108 valence electrons. The van der Waals surface area contributed by atoms with E-state index in [1.807, 2.05) is 4.90 Å². The highest BCUT2D eigenvalue weighted by Crippen LogP contribution is 2.15. The van der Waals surface area contributed by atoms with Crippen LogP contribution in [-0.4, -0.2) is 41.5 Å². The van der Waals surface area contributed by atoms with E-state index in [1.54, 1.807) is 19.1 Å². The molecule has 0 radical (unpaired) electrons. The first kappa shape index (κ1) is 14.4. The molecule has 2 rings (SSSR count). The Morgan fingerprint density at radius 2 is 2.00 bits per heavy atom. The van der Waals surface area contributed by atoms with Gasteiger partial charge in [0.1, 0.15) is 5.75 Å². The van der Waals surface area contributed by atoms with E-state index in [-0.39, 0.29) is 17.6 Å². The van der Waals surface area contributed by atoms with Crippen LogP contribution in [0.5, 0.6) is 5.75 Å².